The van der Waals surface area contributed by atoms with Gasteiger partial charge in [-0.3, -0.25) is 4.90 Å². The van der Waals surface area contributed by atoms with E-state index in [1.807, 2.05) is 0 Å². The van der Waals surface area contributed by atoms with Gasteiger partial charge in [0.2, 0.25) is 0 Å². The molecule has 2 heterocycles. The second-order valence-electron chi connectivity index (χ2n) is 5.51. The highest BCUT2D eigenvalue weighted by atomic mass is 79.9. The molecule has 0 amide bonds. The average molecular weight is 325 g/mol. The Morgan fingerprint density at radius 3 is 3.21 bits per heavy atom. The minimum absolute atomic E-state index is 0.634. The highest BCUT2D eigenvalue weighted by Gasteiger charge is 2.22. The zero-order valence-corrected chi connectivity index (χ0v) is 13.0. The summed E-state index contributed by atoms with van der Waals surface area (Å²) in [6.45, 7) is 4.16. The third-order valence-electron chi connectivity index (χ3n) is 4.13. The fourth-order valence-electron chi connectivity index (χ4n) is 3.14. The first-order valence-corrected chi connectivity index (χ1v) is 7.89. The van der Waals surface area contributed by atoms with E-state index in [1.54, 1.807) is 0 Å². The summed E-state index contributed by atoms with van der Waals surface area (Å²) in [7, 11) is 2.06. The molecule has 1 aromatic rings. The van der Waals surface area contributed by atoms with Crippen LogP contribution in [-0.2, 0) is 13.0 Å². The normalized spacial score (nSPS) is 23.2. The number of nitrogens with zero attached hydrogens (tertiary/aromatic N) is 1. The maximum atomic E-state index is 5.82. The molecular formula is C15H21BrN2O. The van der Waals surface area contributed by atoms with Gasteiger partial charge < -0.3 is 10.1 Å². The number of rotatable bonds is 3. The number of nitrogens with one attached hydrogen (secondary N) is 1. The topological polar surface area (TPSA) is 24.5 Å². The molecule has 1 N–H and O–H groups in total. The quantitative estimate of drug-likeness (QED) is 0.924. The van der Waals surface area contributed by atoms with Crippen molar-refractivity contribution in [1.29, 1.82) is 0 Å². The molecule has 2 aliphatic rings. The van der Waals surface area contributed by atoms with Crippen molar-refractivity contribution < 1.29 is 4.74 Å². The Bertz CT molecular complexity index is 464. The van der Waals surface area contributed by atoms with E-state index in [4.69, 9.17) is 4.74 Å². The maximum Gasteiger partial charge on any atom is 0.127 e. The van der Waals surface area contributed by atoms with Crippen LogP contribution in [0.2, 0.25) is 0 Å². The Morgan fingerprint density at radius 1 is 1.47 bits per heavy atom. The average Bonchev–Trinajstić information content (AvgIpc) is 2.87. The third-order valence-corrected chi connectivity index (χ3v) is 4.59. The summed E-state index contributed by atoms with van der Waals surface area (Å²) in [6, 6.07) is 5.04. The number of fused-ring (bicyclic) bond motifs is 1. The van der Waals surface area contributed by atoms with Crippen molar-refractivity contribution in [2.24, 2.45) is 0 Å². The highest BCUT2D eigenvalue weighted by molar-refractivity contribution is 9.10. The van der Waals surface area contributed by atoms with Gasteiger partial charge in [0.1, 0.15) is 5.75 Å². The molecule has 1 unspecified atom stereocenters. The van der Waals surface area contributed by atoms with Crippen LogP contribution in [0, 0.1) is 0 Å². The van der Waals surface area contributed by atoms with Crippen LogP contribution in [0.15, 0.2) is 16.6 Å². The Labute approximate surface area is 123 Å². The van der Waals surface area contributed by atoms with Crippen LogP contribution in [0.3, 0.4) is 0 Å². The van der Waals surface area contributed by atoms with Gasteiger partial charge in [-0.2, -0.15) is 0 Å². The number of ether oxygens (including phenoxy) is 1. The fraction of sp³-hybridized carbons (Fsp3) is 0.600. The van der Waals surface area contributed by atoms with E-state index in [-0.39, 0.29) is 0 Å². The van der Waals surface area contributed by atoms with Crippen molar-refractivity contribution in [1.82, 2.24) is 10.2 Å². The zero-order chi connectivity index (χ0) is 13.2. The lowest BCUT2D eigenvalue weighted by Gasteiger charge is -2.32. The summed E-state index contributed by atoms with van der Waals surface area (Å²) in [5, 5.41) is 3.40. The summed E-state index contributed by atoms with van der Waals surface area (Å²) >= 11 is 3.62. The Balaban J connectivity index is 1.76. The molecule has 104 valence electrons. The van der Waals surface area contributed by atoms with Gasteiger partial charge in [0.25, 0.3) is 0 Å². The van der Waals surface area contributed by atoms with E-state index in [0.717, 1.165) is 31.9 Å². The smallest absolute Gasteiger partial charge is 0.127 e. The van der Waals surface area contributed by atoms with Crippen molar-refractivity contribution >= 4 is 15.9 Å². The molecule has 0 bridgehead atoms. The first-order valence-electron chi connectivity index (χ1n) is 7.10. The third kappa shape index (κ3) is 2.96. The van der Waals surface area contributed by atoms with E-state index in [0.29, 0.717) is 6.04 Å². The minimum Gasteiger partial charge on any atom is -0.493 e. The summed E-state index contributed by atoms with van der Waals surface area (Å²) in [5.74, 6) is 1.13. The molecule has 1 fully saturated rings. The number of hydrogen-bond donors (Lipinski definition) is 1. The number of benzene rings is 1. The van der Waals surface area contributed by atoms with Gasteiger partial charge in [-0.25, -0.2) is 0 Å². The molecule has 1 saturated heterocycles. The van der Waals surface area contributed by atoms with Gasteiger partial charge in [-0.15, -0.1) is 0 Å². The van der Waals surface area contributed by atoms with Crippen molar-refractivity contribution in [3.05, 3.63) is 27.7 Å². The predicted molar refractivity (Wildman–Crippen MR) is 80.7 cm³/mol. The molecule has 4 heteroatoms. The highest BCUT2D eigenvalue weighted by Crippen LogP contribution is 2.34. The van der Waals surface area contributed by atoms with E-state index in [2.05, 4.69) is 45.3 Å². The Kier molecular flexibility index (Phi) is 4.10. The van der Waals surface area contributed by atoms with Gasteiger partial charge in [0.05, 0.1) is 6.61 Å². The van der Waals surface area contributed by atoms with Gasteiger partial charge in [-0.1, -0.05) is 15.9 Å². The van der Waals surface area contributed by atoms with Gasteiger partial charge in [0, 0.05) is 35.6 Å². The molecule has 0 aromatic heterocycles. The number of halogens is 1. The maximum absolute atomic E-state index is 5.82. The molecule has 0 saturated carbocycles. The van der Waals surface area contributed by atoms with Crippen LogP contribution in [0.4, 0.5) is 0 Å². The van der Waals surface area contributed by atoms with E-state index < -0.39 is 0 Å². The van der Waals surface area contributed by atoms with Gasteiger partial charge in [-0.05, 0) is 44.1 Å². The van der Waals surface area contributed by atoms with Crippen LogP contribution < -0.4 is 10.1 Å². The van der Waals surface area contributed by atoms with Crippen molar-refractivity contribution in [2.75, 3.05) is 26.7 Å². The first-order chi connectivity index (χ1) is 9.26. The predicted octanol–water partition coefficient (Wildman–Crippen LogP) is 2.57. The number of likely N-dealkylation sites (tertiary alicyclic amines) is 1. The Hall–Kier alpha value is -0.580. The van der Waals surface area contributed by atoms with Crippen molar-refractivity contribution in [3.8, 4) is 5.75 Å². The van der Waals surface area contributed by atoms with E-state index in [9.17, 15) is 0 Å². The van der Waals surface area contributed by atoms with Crippen LogP contribution >= 0.6 is 15.9 Å². The van der Waals surface area contributed by atoms with Crippen LogP contribution in [0.5, 0.6) is 5.75 Å². The molecule has 0 aliphatic carbocycles. The standard InChI is InChI=1S/C15H21BrN2O/c1-17-14-3-2-5-18(10-14)9-12-8-13(16)7-11-4-6-19-15(11)12/h7-8,14,17H,2-6,9-10H2,1H3. The monoisotopic (exact) mass is 324 g/mol. The molecule has 19 heavy (non-hydrogen) atoms. The summed E-state index contributed by atoms with van der Waals surface area (Å²) in [4.78, 5) is 2.54. The van der Waals surface area contributed by atoms with E-state index >= 15 is 0 Å². The summed E-state index contributed by atoms with van der Waals surface area (Å²) in [5.41, 5.74) is 2.69. The lowest BCUT2D eigenvalue weighted by molar-refractivity contribution is 0.186. The summed E-state index contributed by atoms with van der Waals surface area (Å²) in [6.07, 6.45) is 3.61. The molecule has 2 aliphatic heterocycles. The van der Waals surface area contributed by atoms with Crippen LogP contribution in [0.1, 0.15) is 24.0 Å². The second kappa shape index (κ2) is 5.81. The number of likely N-dealkylation sites (N-methyl/N-ethyl adjacent to an activating group) is 1. The Morgan fingerprint density at radius 2 is 2.37 bits per heavy atom. The SMILES string of the molecule is CNC1CCCN(Cc2cc(Br)cc3c2OCC3)C1. The van der Waals surface area contributed by atoms with Crippen LogP contribution in [0.25, 0.3) is 0 Å². The van der Waals surface area contributed by atoms with Crippen molar-refractivity contribution in [3.63, 3.8) is 0 Å². The molecule has 0 spiro atoms. The lowest BCUT2D eigenvalue weighted by atomic mass is 10.0. The molecule has 1 aromatic carbocycles. The molecule has 0 radical (unpaired) electrons. The molecule has 3 rings (SSSR count). The molecule has 3 nitrogen and oxygen atoms in total. The zero-order valence-electron chi connectivity index (χ0n) is 11.4. The van der Waals surface area contributed by atoms with Crippen LogP contribution in [-0.4, -0.2) is 37.7 Å². The summed E-state index contributed by atoms with van der Waals surface area (Å²) < 4.78 is 6.99. The number of piperidine rings is 1. The minimum atomic E-state index is 0.634. The lowest BCUT2D eigenvalue weighted by Crippen LogP contribution is -2.43. The number of hydrogen-bond acceptors (Lipinski definition) is 3. The van der Waals surface area contributed by atoms with Crippen molar-refractivity contribution in [2.45, 2.75) is 31.8 Å². The first kappa shape index (κ1) is 13.4. The van der Waals surface area contributed by atoms with Gasteiger partial charge in [0.15, 0.2) is 0 Å². The second-order valence-corrected chi connectivity index (χ2v) is 6.43. The molecule has 1 atom stereocenters. The molecular weight excluding hydrogens is 304 g/mol. The fourth-order valence-corrected chi connectivity index (χ4v) is 3.69. The van der Waals surface area contributed by atoms with E-state index in [1.165, 1.54) is 35.0 Å². The largest absolute Gasteiger partial charge is 0.493 e. The van der Waals surface area contributed by atoms with Gasteiger partial charge >= 0.3 is 0 Å².